The number of nitrogens with two attached hydrogens (primary N) is 1. The van der Waals surface area contributed by atoms with Gasteiger partial charge in [0.2, 0.25) is 0 Å². The second-order valence-corrected chi connectivity index (χ2v) is 4.19. The Bertz CT molecular complexity index is 200. The van der Waals surface area contributed by atoms with Gasteiger partial charge in [-0.1, -0.05) is 6.42 Å². The number of fused-ring (bicyclic) bond motifs is 1. The average molecular weight is 181 g/mol. The van der Waals surface area contributed by atoms with Gasteiger partial charge in [0.1, 0.15) is 0 Å². The molecule has 2 rings (SSSR count). The first kappa shape index (κ1) is 8.85. The number of nitrogens with zero attached hydrogens (tertiary/aromatic N) is 2. The number of rotatable bonds is 1. The van der Waals surface area contributed by atoms with Crippen LogP contribution in [0.2, 0.25) is 0 Å². The lowest BCUT2D eigenvalue weighted by Crippen LogP contribution is -2.36. The molecule has 0 radical (unpaired) electrons. The number of likely N-dealkylation sites (tertiary alicyclic amines) is 1. The van der Waals surface area contributed by atoms with Gasteiger partial charge < -0.3 is 10.6 Å². The zero-order chi connectivity index (χ0) is 9.26. The quantitative estimate of drug-likeness (QED) is 0.485. The fourth-order valence-electron chi connectivity index (χ4n) is 2.68. The Hall–Kier alpha value is -0.730. The molecule has 3 nitrogen and oxygen atoms in total. The number of aliphatic imine (C=N–C) groups is 1. The summed E-state index contributed by atoms with van der Waals surface area (Å²) in [5.41, 5.74) is 5.87. The maximum absolute atomic E-state index is 5.87. The van der Waals surface area contributed by atoms with E-state index in [0.29, 0.717) is 0 Å². The third kappa shape index (κ3) is 1.64. The van der Waals surface area contributed by atoms with E-state index in [1.165, 1.54) is 19.3 Å². The van der Waals surface area contributed by atoms with Crippen LogP contribution in [-0.2, 0) is 0 Å². The minimum absolute atomic E-state index is 0.761. The summed E-state index contributed by atoms with van der Waals surface area (Å²) in [7, 11) is 0. The van der Waals surface area contributed by atoms with E-state index < -0.39 is 0 Å². The lowest BCUT2D eigenvalue weighted by molar-refractivity contribution is 0.458. The van der Waals surface area contributed by atoms with Crippen molar-refractivity contribution in [2.45, 2.75) is 26.2 Å². The topological polar surface area (TPSA) is 41.6 Å². The molecule has 2 fully saturated rings. The summed E-state index contributed by atoms with van der Waals surface area (Å²) in [6.07, 6.45) is 4.23. The lowest BCUT2D eigenvalue weighted by Gasteiger charge is -2.17. The molecule has 0 amide bonds. The normalized spacial score (nSPS) is 33.9. The fraction of sp³-hybridized carbons (Fsp3) is 0.900. The molecule has 2 aliphatic rings. The first-order valence-electron chi connectivity index (χ1n) is 5.36. The van der Waals surface area contributed by atoms with Crippen molar-refractivity contribution in [1.82, 2.24) is 4.90 Å². The molecule has 0 aromatic carbocycles. The Morgan fingerprint density at radius 3 is 2.54 bits per heavy atom. The fourth-order valence-corrected chi connectivity index (χ4v) is 2.68. The van der Waals surface area contributed by atoms with E-state index in [0.717, 1.165) is 37.4 Å². The summed E-state index contributed by atoms with van der Waals surface area (Å²) in [5, 5.41) is 0. The van der Waals surface area contributed by atoms with Gasteiger partial charge in [-0.3, -0.25) is 4.99 Å². The minimum Gasteiger partial charge on any atom is -0.370 e. The second-order valence-electron chi connectivity index (χ2n) is 4.19. The highest BCUT2D eigenvalue weighted by Gasteiger charge is 2.36. The van der Waals surface area contributed by atoms with Crippen LogP contribution >= 0.6 is 0 Å². The molecule has 1 saturated carbocycles. The summed E-state index contributed by atoms with van der Waals surface area (Å²) in [6.45, 7) is 5.14. The van der Waals surface area contributed by atoms with Crippen molar-refractivity contribution in [1.29, 1.82) is 0 Å². The third-order valence-electron chi connectivity index (χ3n) is 3.37. The molecule has 1 saturated heterocycles. The van der Waals surface area contributed by atoms with Crippen molar-refractivity contribution in [3.63, 3.8) is 0 Å². The molecule has 1 heterocycles. The van der Waals surface area contributed by atoms with Crippen molar-refractivity contribution >= 4 is 5.96 Å². The molecule has 74 valence electrons. The maximum atomic E-state index is 5.87. The number of hydrogen-bond acceptors (Lipinski definition) is 1. The minimum atomic E-state index is 0.761. The van der Waals surface area contributed by atoms with Crippen LogP contribution in [0.4, 0.5) is 0 Å². The summed E-state index contributed by atoms with van der Waals surface area (Å²) in [4.78, 5) is 6.52. The third-order valence-corrected chi connectivity index (χ3v) is 3.37. The van der Waals surface area contributed by atoms with Gasteiger partial charge in [-0.05, 0) is 31.6 Å². The summed E-state index contributed by atoms with van der Waals surface area (Å²) in [5.74, 6) is 2.58. The Morgan fingerprint density at radius 2 is 2.00 bits per heavy atom. The van der Waals surface area contributed by atoms with Crippen LogP contribution in [0.15, 0.2) is 4.99 Å². The summed E-state index contributed by atoms with van der Waals surface area (Å²) in [6, 6.07) is 0. The largest absolute Gasteiger partial charge is 0.370 e. The molecule has 0 spiro atoms. The monoisotopic (exact) mass is 181 g/mol. The molecular formula is C10H19N3. The molecular weight excluding hydrogens is 162 g/mol. The first-order chi connectivity index (χ1) is 6.31. The van der Waals surface area contributed by atoms with Crippen LogP contribution < -0.4 is 5.73 Å². The Labute approximate surface area is 80.0 Å². The predicted octanol–water partition coefficient (Wildman–Crippen LogP) is 1.05. The molecule has 1 aliphatic heterocycles. The van der Waals surface area contributed by atoms with Gasteiger partial charge in [0.25, 0.3) is 0 Å². The molecule has 2 N–H and O–H groups in total. The van der Waals surface area contributed by atoms with Gasteiger partial charge in [0.05, 0.1) is 0 Å². The van der Waals surface area contributed by atoms with Crippen LogP contribution in [-0.4, -0.2) is 30.5 Å². The highest BCUT2D eigenvalue weighted by Crippen LogP contribution is 2.37. The highest BCUT2D eigenvalue weighted by molar-refractivity contribution is 5.78. The summed E-state index contributed by atoms with van der Waals surface area (Å²) < 4.78 is 0. The van der Waals surface area contributed by atoms with Gasteiger partial charge in [-0.15, -0.1) is 0 Å². The summed E-state index contributed by atoms with van der Waals surface area (Å²) >= 11 is 0. The maximum Gasteiger partial charge on any atom is 0.191 e. The lowest BCUT2D eigenvalue weighted by atomic mass is 10.0. The van der Waals surface area contributed by atoms with Crippen LogP contribution in [0.25, 0.3) is 0 Å². The number of hydrogen-bond donors (Lipinski definition) is 1. The second kappa shape index (κ2) is 3.56. The SMILES string of the molecule is CCN=C(N)N1CC2CCCC2C1. The Morgan fingerprint density at radius 1 is 1.38 bits per heavy atom. The van der Waals surface area contributed by atoms with E-state index in [1.807, 2.05) is 6.92 Å². The highest BCUT2D eigenvalue weighted by atomic mass is 15.3. The van der Waals surface area contributed by atoms with Crippen molar-refractivity contribution in [2.75, 3.05) is 19.6 Å². The molecule has 3 heteroatoms. The molecule has 0 aromatic rings. The smallest absolute Gasteiger partial charge is 0.191 e. The van der Waals surface area contributed by atoms with E-state index in [9.17, 15) is 0 Å². The number of guanidine groups is 1. The van der Waals surface area contributed by atoms with Crippen LogP contribution in [0.1, 0.15) is 26.2 Å². The van der Waals surface area contributed by atoms with Crippen LogP contribution in [0.3, 0.4) is 0 Å². The molecule has 0 aromatic heterocycles. The predicted molar refractivity (Wildman–Crippen MR) is 54.6 cm³/mol. The molecule has 2 atom stereocenters. The van der Waals surface area contributed by atoms with Gasteiger partial charge in [-0.2, -0.15) is 0 Å². The van der Waals surface area contributed by atoms with E-state index in [2.05, 4.69) is 9.89 Å². The molecule has 13 heavy (non-hydrogen) atoms. The van der Waals surface area contributed by atoms with Crippen molar-refractivity contribution in [3.05, 3.63) is 0 Å². The van der Waals surface area contributed by atoms with E-state index in [4.69, 9.17) is 5.73 Å². The molecule has 0 bridgehead atoms. The van der Waals surface area contributed by atoms with Crippen LogP contribution in [0.5, 0.6) is 0 Å². The standard InChI is InChI=1S/C10H19N3/c1-2-12-10(11)13-6-8-4-3-5-9(8)7-13/h8-9H,2-7H2,1H3,(H2,11,12). The molecule has 2 unspecified atom stereocenters. The zero-order valence-corrected chi connectivity index (χ0v) is 8.37. The van der Waals surface area contributed by atoms with Gasteiger partial charge in [-0.25, -0.2) is 0 Å². The van der Waals surface area contributed by atoms with Gasteiger partial charge >= 0.3 is 0 Å². The zero-order valence-electron chi connectivity index (χ0n) is 8.37. The van der Waals surface area contributed by atoms with Crippen molar-refractivity contribution in [2.24, 2.45) is 22.6 Å². The Balaban J connectivity index is 1.95. The van der Waals surface area contributed by atoms with Crippen molar-refractivity contribution < 1.29 is 0 Å². The average Bonchev–Trinajstić information content (AvgIpc) is 2.61. The molecule has 1 aliphatic carbocycles. The van der Waals surface area contributed by atoms with Gasteiger partial charge in [0.15, 0.2) is 5.96 Å². The first-order valence-corrected chi connectivity index (χ1v) is 5.36. The van der Waals surface area contributed by atoms with E-state index >= 15 is 0 Å². The van der Waals surface area contributed by atoms with Gasteiger partial charge in [0, 0.05) is 19.6 Å². The van der Waals surface area contributed by atoms with Crippen molar-refractivity contribution in [3.8, 4) is 0 Å². The van der Waals surface area contributed by atoms with E-state index in [-0.39, 0.29) is 0 Å². The van der Waals surface area contributed by atoms with Crippen LogP contribution in [0, 0.1) is 11.8 Å². The Kier molecular flexibility index (Phi) is 2.42. The van der Waals surface area contributed by atoms with E-state index in [1.54, 1.807) is 0 Å².